The molecular formula is C14H16N2O4. The van der Waals surface area contributed by atoms with Crippen LogP contribution in [0.4, 0.5) is 0 Å². The zero-order chi connectivity index (χ0) is 14.7. The average molecular weight is 276 g/mol. The fourth-order valence-corrected chi connectivity index (χ4v) is 2.37. The molecule has 1 unspecified atom stereocenters. The summed E-state index contributed by atoms with van der Waals surface area (Å²) in [5.41, 5.74) is 6.68. The van der Waals surface area contributed by atoms with Crippen LogP contribution in [-0.4, -0.2) is 34.3 Å². The lowest BCUT2D eigenvalue weighted by Gasteiger charge is -2.18. The normalized spacial score (nSPS) is 18.3. The van der Waals surface area contributed by atoms with Crippen LogP contribution in [0.5, 0.6) is 0 Å². The zero-order valence-electron chi connectivity index (χ0n) is 10.9. The molecule has 1 aliphatic rings. The minimum absolute atomic E-state index is 0.0859. The van der Waals surface area contributed by atoms with Crippen LogP contribution in [-0.2, 0) is 27.3 Å². The topological polar surface area (TPSA) is 101 Å². The summed E-state index contributed by atoms with van der Waals surface area (Å²) in [6.45, 7) is 0.613. The molecule has 1 heterocycles. The third kappa shape index (κ3) is 3.14. The Balaban J connectivity index is 2.12. The van der Waals surface area contributed by atoms with Gasteiger partial charge in [-0.15, -0.1) is 0 Å². The largest absolute Gasteiger partial charge is 0.481 e. The molecule has 1 aromatic carbocycles. The van der Waals surface area contributed by atoms with E-state index in [4.69, 9.17) is 10.8 Å². The molecule has 106 valence electrons. The third-order valence-electron chi connectivity index (χ3n) is 3.44. The molecule has 1 aromatic rings. The highest BCUT2D eigenvalue weighted by Gasteiger charge is 2.33. The molecule has 20 heavy (non-hydrogen) atoms. The molecule has 0 radical (unpaired) electrons. The molecule has 0 aromatic heterocycles. The predicted molar refractivity (Wildman–Crippen MR) is 70.5 cm³/mol. The van der Waals surface area contributed by atoms with Crippen LogP contribution < -0.4 is 5.73 Å². The van der Waals surface area contributed by atoms with Crippen LogP contribution in [0, 0.1) is 5.92 Å². The van der Waals surface area contributed by atoms with Gasteiger partial charge in [-0.25, -0.2) is 0 Å². The van der Waals surface area contributed by atoms with Gasteiger partial charge in [-0.05, 0) is 11.1 Å². The summed E-state index contributed by atoms with van der Waals surface area (Å²) in [6.07, 6.45) is 0.0495. The lowest BCUT2D eigenvalue weighted by Crippen LogP contribution is -2.28. The van der Waals surface area contributed by atoms with Gasteiger partial charge in [0.2, 0.25) is 11.8 Å². The number of carboxylic acid groups (broad SMARTS) is 1. The van der Waals surface area contributed by atoms with Gasteiger partial charge in [0.05, 0.1) is 12.3 Å². The van der Waals surface area contributed by atoms with Gasteiger partial charge in [-0.3, -0.25) is 14.4 Å². The maximum absolute atomic E-state index is 11.8. The average Bonchev–Trinajstić information content (AvgIpc) is 2.73. The predicted octanol–water partition coefficient (Wildman–Crippen LogP) is 0.147. The van der Waals surface area contributed by atoms with Crippen molar-refractivity contribution in [1.29, 1.82) is 0 Å². The Hall–Kier alpha value is -2.37. The van der Waals surface area contributed by atoms with Crippen molar-refractivity contribution in [2.45, 2.75) is 19.4 Å². The monoisotopic (exact) mass is 276 g/mol. The smallest absolute Gasteiger partial charge is 0.307 e. The van der Waals surface area contributed by atoms with E-state index in [9.17, 15) is 14.4 Å². The molecule has 0 saturated carbocycles. The van der Waals surface area contributed by atoms with Crippen LogP contribution in [0.2, 0.25) is 0 Å². The maximum atomic E-state index is 11.8. The number of carboxylic acids is 1. The van der Waals surface area contributed by atoms with Crippen LogP contribution in [0.25, 0.3) is 0 Å². The molecule has 6 heteroatoms. The third-order valence-corrected chi connectivity index (χ3v) is 3.44. The van der Waals surface area contributed by atoms with E-state index in [1.807, 2.05) is 0 Å². The lowest BCUT2D eigenvalue weighted by molar-refractivity contribution is -0.136. The van der Waals surface area contributed by atoms with E-state index in [1.54, 1.807) is 29.2 Å². The Bertz CT molecular complexity index is 556. The fourth-order valence-electron chi connectivity index (χ4n) is 2.37. The van der Waals surface area contributed by atoms with Crippen molar-refractivity contribution in [3.05, 3.63) is 35.4 Å². The number of nitrogens with zero attached hydrogens (tertiary/aromatic N) is 1. The number of amides is 2. The Morgan fingerprint density at radius 1 is 1.30 bits per heavy atom. The highest BCUT2D eigenvalue weighted by molar-refractivity contribution is 5.88. The lowest BCUT2D eigenvalue weighted by atomic mass is 10.0. The number of aliphatic carboxylic acids is 1. The van der Waals surface area contributed by atoms with Crippen molar-refractivity contribution in [2.24, 2.45) is 11.7 Å². The summed E-state index contributed by atoms with van der Waals surface area (Å²) < 4.78 is 0. The summed E-state index contributed by atoms with van der Waals surface area (Å²) in [5.74, 6) is -1.96. The number of nitrogens with two attached hydrogens (primary N) is 1. The van der Waals surface area contributed by atoms with Gasteiger partial charge in [0.15, 0.2) is 0 Å². The molecule has 6 nitrogen and oxygen atoms in total. The summed E-state index contributed by atoms with van der Waals surface area (Å²) in [4.78, 5) is 35.3. The first-order chi connectivity index (χ1) is 9.47. The molecule has 1 atom stereocenters. The van der Waals surface area contributed by atoms with Crippen LogP contribution in [0.15, 0.2) is 24.3 Å². The molecule has 2 rings (SSSR count). The maximum Gasteiger partial charge on any atom is 0.307 e. The number of carbonyl (C=O) groups is 3. The SMILES string of the molecule is NC(=O)C1CC(=O)N(Cc2ccccc2CC(=O)O)C1. The second-order valence-corrected chi connectivity index (χ2v) is 4.92. The van der Waals surface area contributed by atoms with Crippen LogP contribution >= 0.6 is 0 Å². The summed E-state index contributed by atoms with van der Waals surface area (Å²) in [5, 5.41) is 8.88. The highest BCUT2D eigenvalue weighted by atomic mass is 16.4. The first-order valence-electron chi connectivity index (χ1n) is 6.33. The number of hydrogen-bond acceptors (Lipinski definition) is 3. The molecule has 2 amide bonds. The highest BCUT2D eigenvalue weighted by Crippen LogP contribution is 2.21. The molecular weight excluding hydrogens is 260 g/mol. The molecule has 0 aliphatic carbocycles. The summed E-state index contributed by atoms with van der Waals surface area (Å²) in [6, 6.07) is 7.09. The number of carbonyl (C=O) groups excluding carboxylic acids is 2. The molecule has 0 spiro atoms. The number of benzene rings is 1. The van der Waals surface area contributed by atoms with Gasteiger partial charge >= 0.3 is 5.97 Å². The molecule has 3 N–H and O–H groups in total. The van der Waals surface area contributed by atoms with Gasteiger partial charge < -0.3 is 15.7 Å². The molecule has 1 aliphatic heterocycles. The number of rotatable bonds is 5. The van der Waals surface area contributed by atoms with Crippen molar-refractivity contribution >= 4 is 17.8 Å². The first kappa shape index (κ1) is 14.0. The van der Waals surface area contributed by atoms with Crippen LogP contribution in [0.1, 0.15) is 17.5 Å². The first-order valence-corrected chi connectivity index (χ1v) is 6.33. The van der Waals surface area contributed by atoms with Crippen LogP contribution in [0.3, 0.4) is 0 Å². The minimum Gasteiger partial charge on any atom is -0.481 e. The van der Waals surface area contributed by atoms with Gasteiger partial charge in [0.25, 0.3) is 0 Å². The zero-order valence-corrected chi connectivity index (χ0v) is 10.9. The van der Waals surface area contributed by atoms with Crippen molar-refractivity contribution in [1.82, 2.24) is 4.90 Å². The molecule has 1 saturated heterocycles. The van der Waals surface area contributed by atoms with Crippen molar-refractivity contribution in [3.8, 4) is 0 Å². The fraction of sp³-hybridized carbons (Fsp3) is 0.357. The van der Waals surface area contributed by atoms with E-state index >= 15 is 0 Å². The van der Waals surface area contributed by atoms with E-state index in [1.165, 1.54) is 0 Å². The second kappa shape index (κ2) is 5.73. The van der Waals surface area contributed by atoms with E-state index < -0.39 is 17.8 Å². The number of likely N-dealkylation sites (tertiary alicyclic amines) is 1. The van der Waals surface area contributed by atoms with E-state index in [0.717, 1.165) is 5.56 Å². The van der Waals surface area contributed by atoms with Crippen molar-refractivity contribution in [2.75, 3.05) is 6.54 Å². The quantitative estimate of drug-likeness (QED) is 0.799. The Morgan fingerprint density at radius 3 is 2.50 bits per heavy atom. The van der Waals surface area contributed by atoms with Gasteiger partial charge in [-0.2, -0.15) is 0 Å². The van der Waals surface area contributed by atoms with E-state index in [0.29, 0.717) is 18.7 Å². The Morgan fingerprint density at radius 2 is 1.95 bits per heavy atom. The van der Waals surface area contributed by atoms with Crippen molar-refractivity contribution < 1.29 is 19.5 Å². The van der Waals surface area contributed by atoms with E-state index in [-0.39, 0.29) is 18.7 Å². The second-order valence-electron chi connectivity index (χ2n) is 4.92. The Labute approximate surface area is 116 Å². The number of primary amides is 1. The van der Waals surface area contributed by atoms with E-state index in [2.05, 4.69) is 0 Å². The minimum atomic E-state index is -0.916. The number of hydrogen-bond donors (Lipinski definition) is 2. The van der Waals surface area contributed by atoms with Gasteiger partial charge in [0, 0.05) is 19.5 Å². The molecule has 1 fully saturated rings. The van der Waals surface area contributed by atoms with Crippen molar-refractivity contribution in [3.63, 3.8) is 0 Å². The Kier molecular flexibility index (Phi) is 4.02. The van der Waals surface area contributed by atoms with Gasteiger partial charge in [-0.1, -0.05) is 24.3 Å². The standard InChI is InChI=1S/C14H16N2O4/c15-14(20)11-5-12(17)16(8-11)7-10-4-2-1-3-9(10)6-13(18)19/h1-4,11H,5-8H2,(H2,15,20)(H,18,19). The molecule has 0 bridgehead atoms. The summed E-state index contributed by atoms with van der Waals surface area (Å²) >= 11 is 0. The van der Waals surface area contributed by atoms with Gasteiger partial charge in [0.1, 0.15) is 0 Å². The summed E-state index contributed by atoms with van der Waals surface area (Å²) in [7, 11) is 0.